The fourth-order valence-electron chi connectivity index (χ4n) is 4.20. The highest BCUT2D eigenvalue weighted by Crippen LogP contribution is 2.30. The van der Waals surface area contributed by atoms with Gasteiger partial charge in [-0.25, -0.2) is 0 Å². The normalized spacial score (nSPS) is 15.4. The molecule has 4 nitrogen and oxygen atoms in total. The largest absolute Gasteiger partial charge is 0.326 e. The van der Waals surface area contributed by atoms with Gasteiger partial charge in [0.15, 0.2) is 5.78 Å². The predicted molar refractivity (Wildman–Crippen MR) is 124 cm³/mol. The minimum atomic E-state index is -0.0873. The van der Waals surface area contributed by atoms with Gasteiger partial charge in [-0.2, -0.15) is 0 Å². The van der Waals surface area contributed by atoms with E-state index < -0.39 is 0 Å². The molecule has 0 unspecified atom stereocenters. The predicted octanol–water partition coefficient (Wildman–Crippen LogP) is 5.73. The summed E-state index contributed by atoms with van der Waals surface area (Å²) in [6.45, 7) is 4.75. The summed E-state index contributed by atoms with van der Waals surface area (Å²) in [6, 6.07) is 18.4. The van der Waals surface area contributed by atoms with Gasteiger partial charge in [0.05, 0.1) is 4.88 Å². The number of carbonyl (C=O) groups is 2. The third kappa shape index (κ3) is 5.35. The van der Waals surface area contributed by atoms with Crippen molar-refractivity contribution in [3.63, 3.8) is 0 Å². The molecule has 4 rings (SSSR count). The lowest BCUT2D eigenvalue weighted by Gasteiger charge is -2.31. The molecular weight excluding hydrogens is 392 g/mol. The summed E-state index contributed by atoms with van der Waals surface area (Å²) in [6.07, 6.45) is 3.94. The number of hydrogen-bond acceptors (Lipinski definition) is 4. The van der Waals surface area contributed by atoms with Crippen LogP contribution in [0.5, 0.6) is 0 Å². The molecule has 156 valence electrons. The van der Waals surface area contributed by atoms with Crippen LogP contribution in [-0.2, 0) is 11.3 Å². The van der Waals surface area contributed by atoms with Gasteiger partial charge >= 0.3 is 0 Å². The van der Waals surface area contributed by atoms with E-state index in [9.17, 15) is 9.59 Å². The number of likely N-dealkylation sites (tertiary alicyclic amines) is 1. The maximum atomic E-state index is 12.8. The molecule has 2 heterocycles. The Labute approximate surface area is 181 Å². The fourth-order valence-corrected chi connectivity index (χ4v) is 5.21. The average Bonchev–Trinajstić information content (AvgIpc) is 3.17. The van der Waals surface area contributed by atoms with E-state index in [1.54, 1.807) is 11.3 Å². The highest BCUT2D eigenvalue weighted by molar-refractivity contribution is 7.20. The van der Waals surface area contributed by atoms with Crippen LogP contribution in [0.4, 0.5) is 5.69 Å². The molecule has 0 aliphatic carbocycles. The van der Waals surface area contributed by atoms with Crippen LogP contribution in [0.3, 0.4) is 0 Å². The number of fused-ring (bicyclic) bond motifs is 1. The Morgan fingerprint density at radius 1 is 1.07 bits per heavy atom. The molecule has 0 bridgehead atoms. The van der Waals surface area contributed by atoms with Gasteiger partial charge in [0, 0.05) is 30.3 Å². The third-order valence-electron chi connectivity index (χ3n) is 5.85. The van der Waals surface area contributed by atoms with E-state index in [4.69, 9.17) is 0 Å². The first-order chi connectivity index (χ1) is 14.6. The molecule has 1 saturated heterocycles. The van der Waals surface area contributed by atoms with Crippen molar-refractivity contribution in [3.8, 4) is 0 Å². The van der Waals surface area contributed by atoms with Gasteiger partial charge in [0.2, 0.25) is 5.91 Å². The number of amides is 1. The molecule has 5 heteroatoms. The lowest BCUT2D eigenvalue weighted by Crippen LogP contribution is -2.33. The maximum absolute atomic E-state index is 12.8. The van der Waals surface area contributed by atoms with Crippen molar-refractivity contribution >= 4 is 38.8 Å². The maximum Gasteiger partial charge on any atom is 0.221 e. The molecule has 0 radical (unpaired) electrons. The van der Waals surface area contributed by atoms with Crippen molar-refractivity contribution in [2.45, 2.75) is 39.2 Å². The van der Waals surface area contributed by atoms with Crippen LogP contribution in [0.2, 0.25) is 0 Å². The first-order valence-electron chi connectivity index (χ1n) is 10.7. The molecule has 1 aliphatic rings. The highest BCUT2D eigenvalue weighted by atomic mass is 32.1. The van der Waals surface area contributed by atoms with Gasteiger partial charge in [-0.1, -0.05) is 30.3 Å². The van der Waals surface area contributed by atoms with Crippen LogP contribution in [0, 0.1) is 5.92 Å². The molecule has 3 aromatic rings. The molecule has 1 amide bonds. The Balaban J connectivity index is 1.27. The Kier molecular flexibility index (Phi) is 6.60. The van der Waals surface area contributed by atoms with Crippen molar-refractivity contribution in [2.75, 3.05) is 18.4 Å². The molecule has 0 spiro atoms. The van der Waals surface area contributed by atoms with Crippen molar-refractivity contribution in [1.82, 2.24) is 4.90 Å². The van der Waals surface area contributed by atoms with E-state index in [-0.39, 0.29) is 11.7 Å². The number of nitrogens with one attached hydrogen (secondary N) is 1. The first kappa shape index (κ1) is 20.8. The monoisotopic (exact) mass is 420 g/mol. The van der Waals surface area contributed by atoms with E-state index in [1.165, 1.54) is 25.3 Å². The minimum absolute atomic E-state index is 0.0873. The topological polar surface area (TPSA) is 49.4 Å². The number of nitrogens with zero attached hydrogens (tertiary/aromatic N) is 1. The van der Waals surface area contributed by atoms with Gasteiger partial charge in [-0.15, -0.1) is 11.3 Å². The third-order valence-corrected chi connectivity index (χ3v) is 7.00. The van der Waals surface area contributed by atoms with Crippen LogP contribution in [0.25, 0.3) is 10.1 Å². The summed E-state index contributed by atoms with van der Waals surface area (Å²) in [5, 5.41) is 3.82. The Bertz CT molecular complexity index is 1020. The lowest BCUT2D eigenvalue weighted by atomic mass is 9.91. The van der Waals surface area contributed by atoms with Crippen molar-refractivity contribution in [1.29, 1.82) is 0 Å². The first-order valence-corrected chi connectivity index (χ1v) is 11.5. The summed E-state index contributed by atoms with van der Waals surface area (Å²) in [5.74, 6) is 0.793. The number of Topliss-reactive ketones (excluding diaryl/α,β-unsaturated/α-hetero) is 1. The van der Waals surface area contributed by atoms with Gasteiger partial charge < -0.3 is 5.32 Å². The molecule has 0 atom stereocenters. The van der Waals surface area contributed by atoms with Crippen molar-refractivity contribution < 1.29 is 9.59 Å². The van der Waals surface area contributed by atoms with Crippen LogP contribution < -0.4 is 5.32 Å². The zero-order valence-corrected chi connectivity index (χ0v) is 18.2. The standard InChI is InChI=1S/C25H28N2O2S/c1-18(28)26-22-8-10-24-21(15-22)16-25(30-24)23(29)9-7-19-11-13-27(14-12-19)17-20-5-3-2-4-6-20/h2-6,8,10,15-16,19H,7,9,11-14,17H2,1H3,(H,26,28). The fraction of sp³-hybridized carbons (Fsp3) is 0.360. The van der Waals surface area contributed by atoms with Crippen LogP contribution in [0.15, 0.2) is 54.6 Å². The number of carbonyl (C=O) groups excluding carboxylic acids is 2. The van der Waals surface area contributed by atoms with E-state index in [0.29, 0.717) is 12.3 Å². The SMILES string of the molecule is CC(=O)Nc1ccc2sc(C(=O)CCC3CCN(Cc4ccccc4)CC3)cc2c1. The molecular formula is C25H28N2O2S. The van der Waals surface area contributed by atoms with Crippen LogP contribution in [-0.4, -0.2) is 29.7 Å². The molecule has 0 saturated carbocycles. The Morgan fingerprint density at radius 2 is 1.83 bits per heavy atom. The summed E-state index contributed by atoms with van der Waals surface area (Å²) < 4.78 is 1.08. The Morgan fingerprint density at radius 3 is 2.57 bits per heavy atom. The number of hydrogen-bond donors (Lipinski definition) is 1. The van der Waals surface area contributed by atoms with Gasteiger partial charge in [-0.3, -0.25) is 14.5 Å². The second kappa shape index (κ2) is 9.54. The van der Waals surface area contributed by atoms with Crippen molar-refractivity contribution in [2.24, 2.45) is 5.92 Å². The second-order valence-electron chi connectivity index (χ2n) is 8.21. The van der Waals surface area contributed by atoms with E-state index in [1.807, 2.05) is 24.3 Å². The summed E-state index contributed by atoms with van der Waals surface area (Å²) in [4.78, 5) is 27.3. The number of anilines is 1. The Hall–Kier alpha value is -2.50. The van der Waals surface area contributed by atoms with Crippen LogP contribution in [0.1, 0.15) is 47.8 Å². The van der Waals surface area contributed by atoms with Crippen molar-refractivity contribution in [3.05, 3.63) is 65.0 Å². The molecule has 1 aromatic heterocycles. The van der Waals surface area contributed by atoms with Gasteiger partial charge in [0.1, 0.15) is 0 Å². The molecule has 2 aromatic carbocycles. The van der Waals surface area contributed by atoms with Gasteiger partial charge in [-0.05, 0) is 73.5 Å². The average molecular weight is 421 g/mol. The number of piperidine rings is 1. The summed E-state index contributed by atoms with van der Waals surface area (Å²) in [5.41, 5.74) is 2.15. The summed E-state index contributed by atoms with van der Waals surface area (Å²) >= 11 is 1.55. The zero-order chi connectivity index (χ0) is 20.9. The smallest absolute Gasteiger partial charge is 0.221 e. The molecule has 1 aliphatic heterocycles. The molecule has 1 N–H and O–H groups in total. The van der Waals surface area contributed by atoms with E-state index in [2.05, 4.69) is 40.5 Å². The number of rotatable bonds is 7. The van der Waals surface area contributed by atoms with E-state index in [0.717, 1.165) is 46.7 Å². The lowest BCUT2D eigenvalue weighted by molar-refractivity contribution is -0.114. The van der Waals surface area contributed by atoms with E-state index >= 15 is 0 Å². The number of benzene rings is 2. The minimum Gasteiger partial charge on any atom is -0.326 e. The quantitative estimate of drug-likeness (QED) is 0.496. The number of thiophene rings is 1. The zero-order valence-electron chi connectivity index (χ0n) is 17.4. The molecule has 1 fully saturated rings. The van der Waals surface area contributed by atoms with Gasteiger partial charge in [0.25, 0.3) is 0 Å². The van der Waals surface area contributed by atoms with Crippen LogP contribution >= 0.6 is 11.3 Å². The highest BCUT2D eigenvalue weighted by Gasteiger charge is 2.21. The molecule has 30 heavy (non-hydrogen) atoms. The number of ketones is 1. The second-order valence-corrected chi connectivity index (χ2v) is 9.30. The summed E-state index contributed by atoms with van der Waals surface area (Å²) in [7, 11) is 0.